The quantitative estimate of drug-likeness (QED) is 0.574. The van der Waals surface area contributed by atoms with Gasteiger partial charge < -0.3 is 23.0 Å². The van der Waals surface area contributed by atoms with Crippen LogP contribution in [0.25, 0.3) is 0 Å². The summed E-state index contributed by atoms with van der Waals surface area (Å²) in [6.07, 6.45) is 0. The Kier molecular flexibility index (Phi) is 5.00. The van der Waals surface area contributed by atoms with Crippen LogP contribution in [0.5, 0.6) is 0 Å². The Morgan fingerprint density at radius 3 is 1.69 bits per heavy atom. The lowest BCUT2D eigenvalue weighted by Gasteiger charge is -2.17. The van der Waals surface area contributed by atoms with E-state index in [-0.39, 0.29) is 5.54 Å². The van der Waals surface area contributed by atoms with Gasteiger partial charge in [0.1, 0.15) is 5.54 Å². The number of quaternary nitrogens is 1. The number of aryl methyl sites for hydroxylation is 1. The lowest BCUT2D eigenvalue weighted by molar-refractivity contribution is -0.475. The molecule has 0 radical (unpaired) electrons. The first kappa shape index (κ1) is 15.0. The highest BCUT2D eigenvalue weighted by molar-refractivity contribution is 6.50. The van der Waals surface area contributed by atoms with Crippen LogP contribution < -0.4 is 5.73 Å². The molecule has 0 amide bonds. The predicted octanol–water partition coefficient (Wildman–Crippen LogP) is 2.77. The first-order chi connectivity index (χ1) is 7.02. The van der Waals surface area contributed by atoms with Crippen molar-refractivity contribution in [1.29, 1.82) is 0 Å². The minimum atomic E-state index is -6.00. The maximum atomic E-state index is 9.75. The van der Waals surface area contributed by atoms with Gasteiger partial charge in [0, 0.05) is 5.56 Å². The van der Waals surface area contributed by atoms with Gasteiger partial charge in [-0.2, -0.15) is 0 Å². The van der Waals surface area contributed by atoms with E-state index in [2.05, 4.69) is 50.8 Å². The minimum Gasteiger partial charge on any atom is -0.418 e. The van der Waals surface area contributed by atoms with Crippen molar-refractivity contribution < 1.29 is 23.0 Å². The van der Waals surface area contributed by atoms with Gasteiger partial charge in [-0.3, -0.25) is 0 Å². The summed E-state index contributed by atoms with van der Waals surface area (Å²) in [5.41, 5.74) is 6.79. The van der Waals surface area contributed by atoms with Crippen molar-refractivity contribution in [3.63, 3.8) is 0 Å². The SMILES string of the molecule is Cc1ccccc1C(C)(C)[NH3+].F[B-](F)(F)F. The van der Waals surface area contributed by atoms with Gasteiger partial charge >= 0.3 is 7.25 Å². The number of benzene rings is 1. The van der Waals surface area contributed by atoms with Gasteiger partial charge in [0.15, 0.2) is 0 Å². The van der Waals surface area contributed by atoms with Crippen molar-refractivity contribution >= 4 is 7.25 Å². The second-order valence-electron chi connectivity index (χ2n) is 4.19. The summed E-state index contributed by atoms with van der Waals surface area (Å²) < 4.78 is 39.0. The monoisotopic (exact) mass is 237 g/mol. The molecule has 3 N–H and O–H groups in total. The van der Waals surface area contributed by atoms with Gasteiger partial charge in [-0.05, 0) is 26.3 Å². The minimum absolute atomic E-state index is 0.0331. The van der Waals surface area contributed by atoms with E-state index in [9.17, 15) is 17.3 Å². The molecule has 1 aromatic carbocycles. The standard InChI is InChI=1S/C10H15N.BF4/c1-8-6-4-5-7-9(8)10(2,3)11;2-1(3,4)5/h4-7H,11H2,1-3H3;/q;-1/p+1. The van der Waals surface area contributed by atoms with E-state index >= 15 is 0 Å². The summed E-state index contributed by atoms with van der Waals surface area (Å²) >= 11 is 0. The molecule has 6 heteroatoms. The molecular formula is C10H16BF4N. The Balaban J connectivity index is 0.000000385. The average Bonchev–Trinajstić information content (AvgIpc) is 1.99. The summed E-state index contributed by atoms with van der Waals surface area (Å²) in [6.45, 7) is 6.40. The molecule has 0 saturated heterocycles. The topological polar surface area (TPSA) is 27.6 Å². The third-order valence-electron chi connectivity index (χ3n) is 1.87. The molecule has 0 fully saturated rings. The maximum absolute atomic E-state index is 9.75. The van der Waals surface area contributed by atoms with Crippen molar-refractivity contribution in [1.82, 2.24) is 0 Å². The second kappa shape index (κ2) is 5.34. The third-order valence-corrected chi connectivity index (χ3v) is 1.87. The molecule has 0 atom stereocenters. The van der Waals surface area contributed by atoms with E-state index in [1.165, 1.54) is 11.1 Å². The van der Waals surface area contributed by atoms with Crippen LogP contribution in [-0.2, 0) is 5.54 Å². The van der Waals surface area contributed by atoms with Crippen LogP contribution in [-0.4, -0.2) is 7.25 Å². The summed E-state index contributed by atoms with van der Waals surface area (Å²) in [5, 5.41) is 0. The summed E-state index contributed by atoms with van der Waals surface area (Å²) in [4.78, 5) is 0. The van der Waals surface area contributed by atoms with Crippen molar-refractivity contribution in [2.75, 3.05) is 0 Å². The molecule has 0 bridgehead atoms. The Morgan fingerprint density at radius 2 is 1.44 bits per heavy atom. The van der Waals surface area contributed by atoms with Crippen LogP contribution >= 0.6 is 0 Å². The molecule has 0 aliphatic heterocycles. The van der Waals surface area contributed by atoms with Crippen molar-refractivity contribution in [3.05, 3.63) is 35.4 Å². The zero-order valence-electron chi connectivity index (χ0n) is 9.61. The Bertz CT molecular complexity index is 324. The molecule has 92 valence electrons. The largest absolute Gasteiger partial charge is 0.673 e. The van der Waals surface area contributed by atoms with Crippen LogP contribution in [0.3, 0.4) is 0 Å². The van der Waals surface area contributed by atoms with Gasteiger partial charge in [0.25, 0.3) is 0 Å². The second-order valence-corrected chi connectivity index (χ2v) is 4.19. The van der Waals surface area contributed by atoms with Crippen LogP contribution in [0.15, 0.2) is 24.3 Å². The Labute approximate surface area is 92.8 Å². The molecule has 0 unspecified atom stereocenters. The normalized spacial score (nSPS) is 11.8. The van der Waals surface area contributed by atoms with E-state index in [1.54, 1.807) is 0 Å². The molecular weight excluding hydrogens is 221 g/mol. The van der Waals surface area contributed by atoms with Gasteiger partial charge in [-0.25, -0.2) is 0 Å². The summed E-state index contributed by atoms with van der Waals surface area (Å²) in [6, 6.07) is 8.39. The first-order valence-corrected chi connectivity index (χ1v) is 4.80. The van der Waals surface area contributed by atoms with E-state index in [4.69, 9.17) is 0 Å². The highest BCUT2D eigenvalue weighted by atomic mass is 19.5. The molecule has 0 saturated carbocycles. The smallest absolute Gasteiger partial charge is 0.418 e. The first-order valence-electron chi connectivity index (χ1n) is 4.80. The fourth-order valence-electron chi connectivity index (χ4n) is 1.33. The fraction of sp³-hybridized carbons (Fsp3) is 0.400. The van der Waals surface area contributed by atoms with Crippen molar-refractivity contribution in [2.45, 2.75) is 26.3 Å². The summed E-state index contributed by atoms with van der Waals surface area (Å²) in [5.74, 6) is 0. The average molecular weight is 237 g/mol. The molecule has 0 aliphatic rings. The molecule has 16 heavy (non-hydrogen) atoms. The highest BCUT2D eigenvalue weighted by Gasteiger charge is 2.20. The maximum Gasteiger partial charge on any atom is 0.673 e. The number of hydrogen-bond donors (Lipinski definition) is 1. The van der Waals surface area contributed by atoms with Crippen LogP contribution in [0.4, 0.5) is 17.3 Å². The van der Waals surface area contributed by atoms with E-state index < -0.39 is 7.25 Å². The van der Waals surface area contributed by atoms with Gasteiger partial charge in [-0.1, -0.05) is 24.3 Å². The van der Waals surface area contributed by atoms with Crippen LogP contribution in [0.1, 0.15) is 25.0 Å². The molecule has 0 aromatic heterocycles. The lowest BCUT2D eigenvalue weighted by Crippen LogP contribution is -2.66. The summed E-state index contributed by atoms with van der Waals surface area (Å²) in [7, 11) is -6.00. The van der Waals surface area contributed by atoms with E-state index in [0.717, 1.165) is 0 Å². The van der Waals surface area contributed by atoms with Crippen LogP contribution in [0.2, 0.25) is 0 Å². The number of hydrogen-bond acceptors (Lipinski definition) is 0. The Morgan fingerprint density at radius 1 is 1.06 bits per heavy atom. The van der Waals surface area contributed by atoms with Gasteiger partial charge in [0.2, 0.25) is 0 Å². The van der Waals surface area contributed by atoms with Crippen molar-refractivity contribution in [2.24, 2.45) is 0 Å². The number of rotatable bonds is 1. The van der Waals surface area contributed by atoms with Gasteiger partial charge in [-0.15, -0.1) is 0 Å². The molecule has 0 spiro atoms. The van der Waals surface area contributed by atoms with Crippen LogP contribution in [0, 0.1) is 6.92 Å². The van der Waals surface area contributed by atoms with Gasteiger partial charge in [0.05, 0.1) is 0 Å². The third kappa shape index (κ3) is 7.28. The van der Waals surface area contributed by atoms with E-state index in [0.29, 0.717) is 0 Å². The highest BCUT2D eigenvalue weighted by Crippen LogP contribution is 2.17. The molecule has 1 nitrogen and oxygen atoms in total. The predicted molar refractivity (Wildman–Crippen MR) is 57.3 cm³/mol. The molecule has 1 rings (SSSR count). The zero-order valence-corrected chi connectivity index (χ0v) is 9.61. The fourth-order valence-corrected chi connectivity index (χ4v) is 1.33. The molecule has 0 heterocycles. The zero-order chi connectivity index (χ0) is 13.0. The molecule has 0 aliphatic carbocycles. The Hall–Kier alpha value is -1.04. The number of halogens is 4. The lowest BCUT2D eigenvalue weighted by atomic mass is 9.92. The van der Waals surface area contributed by atoms with E-state index in [1.807, 2.05) is 0 Å². The molecule has 1 aromatic rings. The van der Waals surface area contributed by atoms with Crippen molar-refractivity contribution in [3.8, 4) is 0 Å².